The molecule has 0 saturated heterocycles. The predicted octanol–water partition coefficient (Wildman–Crippen LogP) is 2.63. The highest BCUT2D eigenvalue weighted by Gasteiger charge is 1.96. The Kier molecular flexibility index (Phi) is 6.26. The number of thiophene rings is 1. The normalized spacial score (nSPS) is 10.2. The Morgan fingerprint density at radius 1 is 1.47 bits per heavy atom. The van der Waals surface area contributed by atoms with Crippen molar-refractivity contribution in [3.8, 4) is 0 Å². The van der Waals surface area contributed by atoms with Crippen molar-refractivity contribution in [2.75, 3.05) is 6.54 Å². The van der Waals surface area contributed by atoms with E-state index in [-0.39, 0.29) is 12.4 Å². The molecule has 0 spiro atoms. The number of hydrogen-bond donors (Lipinski definition) is 1. The minimum absolute atomic E-state index is 0. The summed E-state index contributed by atoms with van der Waals surface area (Å²) >= 11 is 1.80. The van der Waals surface area contributed by atoms with Crippen molar-refractivity contribution in [1.29, 1.82) is 0 Å². The summed E-state index contributed by atoms with van der Waals surface area (Å²) in [5.74, 6) is 0. The number of rotatable bonds is 6. The first-order valence-electron chi connectivity index (χ1n) is 5.55. The molecule has 2 aromatic heterocycles. The molecule has 0 aliphatic rings. The van der Waals surface area contributed by atoms with Gasteiger partial charge in [-0.2, -0.15) is 5.10 Å². The van der Waals surface area contributed by atoms with Crippen molar-refractivity contribution in [3.63, 3.8) is 0 Å². The van der Waals surface area contributed by atoms with Crippen LogP contribution >= 0.6 is 23.7 Å². The molecule has 0 bridgehead atoms. The van der Waals surface area contributed by atoms with E-state index in [1.165, 1.54) is 10.4 Å². The number of hydrogen-bond acceptors (Lipinski definition) is 3. The van der Waals surface area contributed by atoms with Crippen molar-refractivity contribution in [2.24, 2.45) is 7.05 Å². The zero-order valence-corrected chi connectivity index (χ0v) is 11.6. The number of aromatic nitrogens is 2. The molecular formula is C12H18ClN3S. The Morgan fingerprint density at radius 3 is 3.00 bits per heavy atom. The van der Waals surface area contributed by atoms with Crippen LogP contribution in [0.3, 0.4) is 0 Å². The molecule has 0 aromatic carbocycles. The van der Waals surface area contributed by atoms with E-state index in [4.69, 9.17) is 0 Å². The largest absolute Gasteiger partial charge is 0.312 e. The lowest BCUT2D eigenvalue weighted by Crippen LogP contribution is -2.14. The second-order valence-electron chi connectivity index (χ2n) is 3.88. The Bertz CT molecular complexity index is 411. The van der Waals surface area contributed by atoms with Gasteiger partial charge in [0.1, 0.15) is 0 Å². The Morgan fingerprint density at radius 2 is 2.35 bits per heavy atom. The maximum atomic E-state index is 4.15. The minimum atomic E-state index is 0. The van der Waals surface area contributed by atoms with Gasteiger partial charge in [0.15, 0.2) is 0 Å². The molecule has 1 N–H and O–H groups in total. The van der Waals surface area contributed by atoms with Gasteiger partial charge in [-0.25, -0.2) is 0 Å². The molecule has 0 atom stereocenters. The molecule has 2 heterocycles. The van der Waals surface area contributed by atoms with E-state index in [0.29, 0.717) is 0 Å². The molecule has 0 aliphatic carbocycles. The fourth-order valence-corrected chi connectivity index (χ4v) is 2.32. The topological polar surface area (TPSA) is 29.9 Å². The van der Waals surface area contributed by atoms with Crippen LogP contribution in [0.1, 0.15) is 16.9 Å². The third-order valence-corrected chi connectivity index (χ3v) is 3.33. The molecule has 17 heavy (non-hydrogen) atoms. The lowest BCUT2D eigenvalue weighted by Gasteiger charge is -2.01. The van der Waals surface area contributed by atoms with E-state index in [0.717, 1.165) is 25.9 Å². The molecule has 0 amide bonds. The van der Waals surface area contributed by atoms with Crippen LogP contribution in [0.4, 0.5) is 0 Å². The number of halogens is 1. The van der Waals surface area contributed by atoms with Crippen LogP contribution in [0.15, 0.2) is 29.9 Å². The van der Waals surface area contributed by atoms with Gasteiger partial charge in [-0.3, -0.25) is 4.68 Å². The zero-order valence-electron chi connectivity index (χ0n) is 9.93. The summed E-state index contributed by atoms with van der Waals surface area (Å²) in [5, 5.41) is 9.72. The summed E-state index contributed by atoms with van der Waals surface area (Å²) < 4.78 is 1.86. The highest BCUT2D eigenvalue weighted by molar-refractivity contribution is 7.09. The summed E-state index contributed by atoms with van der Waals surface area (Å²) in [6.45, 7) is 2.05. The van der Waals surface area contributed by atoms with E-state index in [1.807, 2.05) is 17.9 Å². The zero-order chi connectivity index (χ0) is 11.2. The molecule has 94 valence electrons. The second-order valence-corrected chi connectivity index (χ2v) is 4.91. The van der Waals surface area contributed by atoms with Gasteiger partial charge in [-0.15, -0.1) is 23.7 Å². The number of nitrogens with one attached hydrogen (secondary N) is 1. The highest BCUT2D eigenvalue weighted by atomic mass is 35.5. The summed E-state index contributed by atoms with van der Waals surface area (Å²) in [4.78, 5) is 1.40. The van der Waals surface area contributed by atoms with Crippen LogP contribution in [-0.2, 0) is 20.0 Å². The van der Waals surface area contributed by atoms with Crippen molar-refractivity contribution in [1.82, 2.24) is 15.1 Å². The van der Waals surface area contributed by atoms with Crippen LogP contribution in [0.2, 0.25) is 0 Å². The van der Waals surface area contributed by atoms with E-state index in [9.17, 15) is 0 Å². The van der Waals surface area contributed by atoms with Gasteiger partial charge in [-0.05, 0) is 36.4 Å². The Labute approximate surface area is 112 Å². The van der Waals surface area contributed by atoms with Gasteiger partial charge < -0.3 is 5.32 Å². The number of nitrogens with zero attached hydrogens (tertiary/aromatic N) is 2. The van der Waals surface area contributed by atoms with E-state index >= 15 is 0 Å². The van der Waals surface area contributed by atoms with Gasteiger partial charge in [0, 0.05) is 24.7 Å². The third kappa shape index (κ3) is 4.89. The van der Waals surface area contributed by atoms with Crippen LogP contribution in [-0.4, -0.2) is 16.3 Å². The smallest absolute Gasteiger partial charge is 0.0521 e. The Hall–Kier alpha value is -0.840. The van der Waals surface area contributed by atoms with Gasteiger partial charge in [-0.1, -0.05) is 6.07 Å². The summed E-state index contributed by atoms with van der Waals surface area (Å²) in [7, 11) is 1.96. The predicted molar refractivity (Wildman–Crippen MR) is 74.8 cm³/mol. The van der Waals surface area contributed by atoms with Crippen LogP contribution in [0.25, 0.3) is 0 Å². The maximum Gasteiger partial charge on any atom is 0.0521 e. The molecule has 0 radical (unpaired) electrons. The molecular weight excluding hydrogens is 254 g/mol. The van der Waals surface area contributed by atoms with Crippen LogP contribution in [0.5, 0.6) is 0 Å². The van der Waals surface area contributed by atoms with Crippen molar-refractivity contribution in [3.05, 3.63) is 40.3 Å². The van der Waals surface area contributed by atoms with Gasteiger partial charge in [0.2, 0.25) is 0 Å². The Balaban J connectivity index is 0.00000144. The molecule has 0 aliphatic heterocycles. The fraction of sp³-hybridized carbons (Fsp3) is 0.417. The highest BCUT2D eigenvalue weighted by Crippen LogP contribution is 2.07. The SMILES string of the molecule is Cl.Cn1cc(CCCNCc2cccs2)cn1. The standard InChI is InChI=1S/C12H17N3S.ClH/c1-15-10-11(8-14-15)4-2-6-13-9-12-5-3-7-16-12;/h3,5,7-8,10,13H,2,4,6,9H2,1H3;1H. The van der Waals surface area contributed by atoms with Crippen LogP contribution < -0.4 is 5.32 Å². The van der Waals surface area contributed by atoms with E-state index in [1.54, 1.807) is 11.3 Å². The monoisotopic (exact) mass is 271 g/mol. The summed E-state index contributed by atoms with van der Waals surface area (Å²) in [6, 6.07) is 4.26. The summed E-state index contributed by atoms with van der Waals surface area (Å²) in [6.07, 6.45) is 6.29. The maximum absolute atomic E-state index is 4.15. The average Bonchev–Trinajstić information content (AvgIpc) is 2.89. The molecule has 0 saturated carbocycles. The van der Waals surface area contributed by atoms with Crippen molar-refractivity contribution >= 4 is 23.7 Å². The first kappa shape index (κ1) is 14.2. The molecule has 2 aromatic rings. The quantitative estimate of drug-likeness (QED) is 0.819. The van der Waals surface area contributed by atoms with Crippen molar-refractivity contribution in [2.45, 2.75) is 19.4 Å². The lowest BCUT2D eigenvalue weighted by molar-refractivity contribution is 0.654. The molecule has 0 unspecified atom stereocenters. The van der Waals surface area contributed by atoms with E-state index in [2.05, 4.69) is 34.1 Å². The van der Waals surface area contributed by atoms with Crippen molar-refractivity contribution < 1.29 is 0 Å². The van der Waals surface area contributed by atoms with Gasteiger partial charge in [0.25, 0.3) is 0 Å². The third-order valence-electron chi connectivity index (χ3n) is 2.46. The van der Waals surface area contributed by atoms with Gasteiger partial charge in [0.05, 0.1) is 6.20 Å². The average molecular weight is 272 g/mol. The van der Waals surface area contributed by atoms with Crippen LogP contribution in [0, 0.1) is 0 Å². The second kappa shape index (κ2) is 7.48. The molecule has 2 rings (SSSR count). The first-order chi connectivity index (χ1) is 7.84. The summed E-state index contributed by atoms with van der Waals surface area (Å²) in [5.41, 5.74) is 1.32. The molecule has 5 heteroatoms. The minimum Gasteiger partial charge on any atom is -0.312 e. The lowest BCUT2D eigenvalue weighted by atomic mass is 10.2. The first-order valence-corrected chi connectivity index (χ1v) is 6.43. The molecule has 3 nitrogen and oxygen atoms in total. The number of aryl methyl sites for hydroxylation is 2. The van der Waals surface area contributed by atoms with Gasteiger partial charge >= 0.3 is 0 Å². The fourth-order valence-electron chi connectivity index (χ4n) is 1.64. The van der Waals surface area contributed by atoms with E-state index < -0.39 is 0 Å². The molecule has 0 fully saturated rings.